The summed E-state index contributed by atoms with van der Waals surface area (Å²) in [4.78, 5) is 4.59. The standard InChI is InChI=1S/C19H21N3O2/c1-4-23-16-11-10-15(12-17(16)24-5-2)19-20-18(21-22-19)14-8-6-13(3)7-9-14/h6-12H,4-5H2,1-3H3,(H,20,21,22). The number of aryl methyl sites for hydroxylation is 1. The Labute approximate surface area is 141 Å². The summed E-state index contributed by atoms with van der Waals surface area (Å²) in [5.41, 5.74) is 3.11. The Kier molecular flexibility index (Phi) is 4.79. The zero-order valence-electron chi connectivity index (χ0n) is 14.2. The maximum Gasteiger partial charge on any atom is 0.181 e. The lowest BCUT2D eigenvalue weighted by molar-refractivity contribution is 0.288. The fraction of sp³-hybridized carbons (Fsp3) is 0.263. The van der Waals surface area contributed by atoms with E-state index in [0.29, 0.717) is 24.8 Å². The molecule has 0 aliphatic heterocycles. The van der Waals surface area contributed by atoms with E-state index in [1.165, 1.54) is 5.56 Å². The minimum absolute atomic E-state index is 0.576. The first-order valence-electron chi connectivity index (χ1n) is 8.10. The number of ether oxygens (including phenoxy) is 2. The molecule has 24 heavy (non-hydrogen) atoms. The molecular weight excluding hydrogens is 302 g/mol. The Hall–Kier alpha value is -2.82. The van der Waals surface area contributed by atoms with E-state index in [1.807, 2.05) is 44.2 Å². The molecule has 1 N–H and O–H groups in total. The van der Waals surface area contributed by atoms with Crippen molar-refractivity contribution in [1.82, 2.24) is 15.2 Å². The second-order valence-corrected chi connectivity index (χ2v) is 5.40. The lowest BCUT2D eigenvalue weighted by Crippen LogP contribution is -1.98. The summed E-state index contributed by atoms with van der Waals surface area (Å²) in [6, 6.07) is 13.9. The van der Waals surface area contributed by atoms with Crippen molar-refractivity contribution in [2.75, 3.05) is 13.2 Å². The molecule has 0 saturated heterocycles. The van der Waals surface area contributed by atoms with Gasteiger partial charge in [0.15, 0.2) is 23.1 Å². The lowest BCUT2D eigenvalue weighted by Gasteiger charge is -2.11. The van der Waals surface area contributed by atoms with Crippen LogP contribution in [0.4, 0.5) is 0 Å². The maximum absolute atomic E-state index is 5.67. The van der Waals surface area contributed by atoms with Gasteiger partial charge >= 0.3 is 0 Å². The summed E-state index contributed by atoms with van der Waals surface area (Å²) in [6.45, 7) is 7.13. The van der Waals surface area contributed by atoms with Crippen molar-refractivity contribution >= 4 is 0 Å². The van der Waals surface area contributed by atoms with Crippen LogP contribution in [0.25, 0.3) is 22.8 Å². The Bertz CT molecular complexity index is 810. The summed E-state index contributed by atoms with van der Waals surface area (Å²) in [5, 5.41) is 7.33. The number of H-pyrrole nitrogens is 1. The van der Waals surface area contributed by atoms with E-state index in [1.54, 1.807) is 0 Å². The average molecular weight is 323 g/mol. The zero-order valence-corrected chi connectivity index (χ0v) is 14.2. The highest BCUT2D eigenvalue weighted by Gasteiger charge is 2.12. The van der Waals surface area contributed by atoms with Crippen molar-refractivity contribution < 1.29 is 9.47 Å². The van der Waals surface area contributed by atoms with E-state index in [0.717, 1.165) is 22.7 Å². The number of benzene rings is 2. The highest BCUT2D eigenvalue weighted by atomic mass is 16.5. The van der Waals surface area contributed by atoms with E-state index in [-0.39, 0.29) is 0 Å². The molecule has 0 amide bonds. The van der Waals surface area contributed by atoms with E-state index in [4.69, 9.17) is 9.47 Å². The smallest absolute Gasteiger partial charge is 0.181 e. The summed E-state index contributed by atoms with van der Waals surface area (Å²) < 4.78 is 11.3. The largest absolute Gasteiger partial charge is 0.490 e. The number of aromatic nitrogens is 3. The van der Waals surface area contributed by atoms with Gasteiger partial charge in [-0.3, -0.25) is 5.10 Å². The summed E-state index contributed by atoms with van der Waals surface area (Å²) in [6.07, 6.45) is 0. The van der Waals surface area contributed by atoms with Crippen molar-refractivity contribution in [1.29, 1.82) is 0 Å². The number of nitrogens with zero attached hydrogens (tertiary/aromatic N) is 2. The van der Waals surface area contributed by atoms with Gasteiger partial charge in [0.05, 0.1) is 13.2 Å². The van der Waals surface area contributed by atoms with Crippen LogP contribution in [-0.2, 0) is 0 Å². The summed E-state index contributed by atoms with van der Waals surface area (Å²) in [7, 11) is 0. The molecule has 0 bridgehead atoms. The third-order valence-electron chi connectivity index (χ3n) is 3.61. The predicted molar refractivity (Wildman–Crippen MR) is 94.3 cm³/mol. The van der Waals surface area contributed by atoms with Crippen LogP contribution in [0.2, 0.25) is 0 Å². The van der Waals surface area contributed by atoms with Gasteiger partial charge in [-0.2, -0.15) is 5.10 Å². The molecule has 0 aliphatic carbocycles. The van der Waals surface area contributed by atoms with Crippen LogP contribution in [0, 0.1) is 6.92 Å². The molecule has 0 spiro atoms. The second kappa shape index (κ2) is 7.17. The van der Waals surface area contributed by atoms with Gasteiger partial charge in [0.1, 0.15) is 0 Å². The zero-order chi connectivity index (χ0) is 16.9. The average Bonchev–Trinajstić information content (AvgIpc) is 3.07. The molecule has 0 radical (unpaired) electrons. The SMILES string of the molecule is CCOc1ccc(-c2n[nH]c(-c3ccc(C)cc3)n2)cc1OCC. The van der Waals surface area contributed by atoms with Crippen molar-refractivity contribution in [2.45, 2.75) is 20.8 Å². The van der Waals surface area contributed by atoms with Crippen LogP contribution in [0.3, 0.4) is 0 Å². The predicted octanol–water partition coefficient (Wildman–Crippen LogP) is 4.24. The first kappa shape index (κ1) is 16.1. The van der Waals surface area contributed by atoms with Crippen LogP contribution in [-0.4, -0.2) is 28.4 Å². The second-order valence-electron chi connectivity index (χ2n) is 5.40. The molecule has 1 heterocycles. The molecule has 0 fully saturated rings. The number of nitrogens with one attached hydrogen (secondary N) is 1. The van der Waals surface area contributed by atoms with E-state index < -0.39 is 0 Å². The minimum atomic E-state index is 0.576. The van der Waals surface area contributed by atoms with Crippen molar-refractivity contribution in [3.8, 4) is 34.3 Å². The highest BCUT2D eigenvalue weighted by molar-refractivity contribution is 5.64. The van der Waals surface area contributed by atoms with Crippen molar-refractivity contribution in [3.63, 3.8) is 0 Å². The van der Waals surface area contributed by atoms with Gasteiger partial charge in [-0.05, 0) is 39.0 Å². The molecule has 3 rings (SSSR count). The number of rotatable bonds is 6. The van der Waals surface area contributed by atoms with Crippen LogP contribution < -0.4 is 9.47 Å². The topological polar surface area (TPSA) is 60.0 Å². The van der Waals surface area contributed by atoms with Crippen molar-refractivity contribution in [2.24, 2.45) is 0 Å². The Morgan fingerprint density at radius 2 is 1.54 bits per heavy atom. The molecule has 0 aliphatic rings. The Morgan fingerprint density at radius 1 is 0.875 bits per heavy atom. The minimum Gasteiger partial charge on any atom is -0.490 e. The van der Waals surface area contributed by atoms with E-state index >= 15 is 0 Å². The van der Waals surface area contributed by atoms with Gasteiger partial charge in [0.2, 0.25) is 0 Å². The third kappa shape index (κ3) is 3.40. The fourth-order valence-electron chi connectivity index (χ4n) is 2.42. The van der Waals surface area contributed by atoms with E-state index in [9.17, 15) is 0 Å². The molecular formula is C19H21N3O2. The Balaban J connectivity index is 1.91. The van der Waals surface area contributed by atoms with Gasteiger partial charge in [0, 0.05) is 11.1 Å². The van der Waals surface area contributed by atoms with Gasteiger partial charge < -0.3 is 9.47 Å². The molecule has 0 saturated carbocycles. The van der Waals surface area contributed by atoms with Crippen molar-refractivity contribution in [3.05, 3.63) is 48.0 Å². The molecule has 0 unspecified atom stereocenters. The van der Waals surface area contributed by atoms with Gasteiger partial charge in [-0.25, -0.2) is 4.98 Å². The van der Waals surface area contributed by atoms with E-state index in [2.05, 4.69) is 34.2 Å². The van der Waals surface area contributed by atoms with Gasteiger partial charge in [0.25, 0.3) is 0 Å². The first-order valence-corrected chi connectivity index (χ1v) is 8.10. The Morgan fingerprint density at radius 3 is 2.25 bits per heavy atom. The molecule has 2 aromatic carbocycles. The monoisotopic (exact) mass is 323 g/mol. The van der Waals surface area contributed by atoms with Crippen LogP contribution in [0.1, 0.15) is 19.4 Å². The van der Waals surface area contributed by atoms with Crippen LogP contribution in [0.15, 0.2) is 42.5 Å². The number of hydrogen-bond acceptors (Lipinski definition) is 4. The number of hydrogen-bond donors (Lipinski definition) is 1. The third-order valence-corrected chi connectivity index (χ3v) is 3.61. The number of aromatic amines is 1. The first-order chi connectivity index (χ1) is 11.7. The van der Waals surface area contributed by atoms with Gasteiger partial charge in [-0.1, -0.05) is 29.8 Å². The van der Waals surface area contributed by atoms with Crippen LogP contribution in [0.5, 0.6) is 11.5 Å². The highest BCUT2D eigenvalue weighted by Crippen LogP contribution is 2.32. The molecule has 5 nitrogen and oxygen atoms in total. The molecule has 1 aromatic heterocycles. The molecule has 124 valence electrons. The normalized spacial score (nSPS) is 10.6. The molecule has 3 aromatic rings. The summed E-state index contributed by atoms with van der Waals surface area (Å²) >= 11 is 0. The van der Waals surface area contributed by atoms with Gasteiger partial charge in [-0.15, -0.1) is 0 Å². The molecule has 5 heteroatoms. The fourth-order valence-corrected chi connectivity index (χ4v) is 2.42. The lowest BCUT2D eigenvalue weighted by atomic mass is 10.1. The van der Waals surface area contributed by atoms with Crippen LogP contribution >= 0.6 is 0 Å². The maximum atomic E-state index is 5.67. The molecule has 0 atom stereocenters. The quantitative estimate of drug-likeness (QED) is 0.737. The summed E-state index contributed by atoms with van der Waals surface area (Å²) in [5.74, 6) is 2.82.